The lowest BCUT2D eigenvalue weighted by Gasteiger charge is -2.26. The summed E-state index contributed by atoms with van der Waals surface area (Å²) >= 11 is 1.75. The molecule has 0 aliphatic heterocycles. The van der Waals surface area contributed by atoms with Gasteiger partial charge in [-0.25, -0.2) is 0 Å². The molecule has 0 bridgehead atoms. The van der Waals surface area contributed by atoms with Gasteiger partial charge in [-0.3, -0.25) is 4.79 Å². The van der Waals surface area contributed by atoms with Gasteiger partial charge in [0.15, 0.2) is 0 Å². The minimum Gasteiger partial charge on any atom is -0.343 e. The zero-order chi connectivity index (χ0) is 13.5. The van der Waals surface area contributed by atoms with Crippen LogP contribution in [0.15, 0.2) is 17.5 Å². The summed E-state index contributed by atoms with van der Waals surface area (Å²) in [5.74, 6) is 0.215. The van der Waals surface area contributed by atoms with E-state index in [9.17, 15) is 4.79 Å². The highest BCUT2D eigenvalue weighted by Crippen LogP contribution is 2.14. The Morgan fingerprint density at radius 2 is 2.22 bits per heavy atom. The molecule has 1 aromatic heterocycles. The molecule has 1 rings (SSSR count). The third kappa shape index (κ3) is 4.78. The molecule has 0 aromatic carbocycles. The first-order valence-electron chi connectivity index (χ1n) is 6.56. The number of rotatable bonds is 7. The Kier molecular flexibility index (Phi) is 6.36. The van der Waals surface area contributed by atoms with Crippen molar-refractivity contribution in [3.8, 4) is 0 Å². The zero-order valence-corrected chi connectivity index (χ0v) is 12.6. The summed E-state index contributed by atoms with van der Waals surface area (Å²) in [5, 5.41) is 5.35. The molecule has 1 aromatic rings. The van der Waals surface area contributed by atoms with E-state index in [0.29, 0.717) is 6.42 Å². The van der Waals surface area contributed by atoms with Crippen molar-refractivity contribution in [2.24, 2.45) is 0 Å². The van der Waals surface area contributed by atoms with Gasteiger partial charge >= 0.3 is 0 Å². The van der Waals surface area contributed by atoms with Crippen LogP contribution in [-0.4, -0.2) is 36.5 Å². The molecule has 0 aliphatic carbocycles. The van der Waals surface area contributed by atoms with Crippen LogP contribution < -0.4 is 5.32 Å². The quantitative estimate of drug-likeness (QED) is 0.824. The van der Waals surface area contributed by atoms with E-state index in [2.05, 4.69) is 43.6 Å². The SMILES string of the molecule is CCNC(C)CC(=O)N(C)C(C)Cc1cccs1. The minimum atomic E-state index is 0.215. The van der Waals surface area contributed by atoms with Crippen molar-refractivity contribution in [3.63, 3.8) is 0 Å². The highest BCUT2D eigenvalue weighted by molar-refractivity contribution is 7.09. The van der Waals surface area contributed by atoms with Crippen LogP contribution in [0.5, 0.6) is 0 Å². The monoisotopic (exact) mass is 268 g/mol. The van der Waals surface area contributed by atoms with Gasteiger partial charge in [-0.05, 0) is 31.8 Å². The van der Waals surface area contributed by atoms with Crippen molar-refractivity contribution >= 4 is 17.2 Å². The van der Waals surface area contributed by atoms with Crippen molar-refractivity contribution in [1.82, 2.24) is 10.2 Å². The molecular weight excluding hydrogens is 244 g/mol. The third-order valence-corrected chi connectivity index (χ3v) is 4.06. The Labute approximate surface area is 114 Å². The van der Waals surface area contributed by atoms with E-state index < -0.39 is 0 Å². The number of amides is 1. The fraction of sp³-hybridized carbons (Fsp3) is 0.643. The molecule has 0 saturated carbocycles. The fourth-order valence-electron chi connectivity index (χ4n) is 1.93. The van der Waals surface area contributed by atoms with E-state index in [1.165, 1.54) is 4.88 Å². The van der Waals surface area contributed by atoms with Gasteiger partial charge in [0.1, 0.15) is 0 Å². The molecule has 18 heavy (non-hydrogen) atoms. The predicted molar refractivity (Wildman–Crippen MR) is 78.0 cm³/mol. The van der Waals surface area contributed by atoms with Crippen LogP contribution in [0.2, 0.25) is 0 Å². The molecule has 2 atom stereocenters. The molecular formula is C14H24N2OS. The second-order valence-corrected chi connectivity index (χ2v) is 5.83. The van der Waals surface area contributed by atoms with Gasteiger partial charge in [0.05, 0.1) is 0 Å². The Morgan fingerprint density at radius 1 is 1.50 bits per heavy atom. The number of hydrogen-bond acceptors (Lipinski definition) is 3. The highest BCUT2D eigenvalue weighted by atomic mass is 32.1. The van der Waals surface area contributed by atoms with Crippen LogP contribution in [0.3, 0.4) is 0 Å². The third-order valence-electron chi connectivity index (χ3n) is 3.16. The van der Waals surface area contributed by atoms with Crippen LogP contribution in [0, 0.1) is 0 Å². The number of hydrogen-bond donors (Lipinski definition) is 1. The average Bonchev–Trinajstić information content (AvgIpc) is 2.80. The lowest BCUT2D eigenvalue weighted by atomic mass is 10.1. The maximum atomic E-state index is 12.1. The number of likely N-dealkylation sites (N-methyl/N-ethyl adjacent to an activating group) is 1. The molecule has 1 amide bonds. The average molecular weight is 268 g/mol. The van der Waals surface area contributed by atoms with Crippen LogP contribution in [0.4, 0.5) is 0 Å². The van der Waals surface area contributed by atoms with Crippen LogP contribution >= 0.6 is 11.3 Å². The molecule has 0 fully saturated rings. The Morgan fingerprint density at radius 3 is 2.78 bits per heavy atom. The summed E-state index contributed by atoms with van der Waals surface area (Å²) in [6, 6.07) is 4.69. The maximum absolute atomic E-state index is 12.1. The molecule has 1 N–H and O–H groups in total. The molecule has 0 saturated heterocycles. The summed E-state index contributed by atoms with van der Waals surface area (Å²) in [4.78, 5) is 15.3. The van der Waals surface area contributed by atoms with Crippen LogP contribution in [0.1, 0.15) is 32.1 Å². The second kappa shape index (κ2) is 7.54. The Bertz CT molecular complexity index is 351. The molecule has 0 radical (unpaired) electrons. The summed E-state index contributed by atoms with van der Waals surface area (Å²) in [6.45, 7) is 7.13. The number of nitrogens with one attached hydrogen (secondary N) is 1. The van der Waals surface area contributed by atoms with Gasteiger partial charge in [0.25, 0.3) is 0 Å². The summed E-state index contributed by atoms with van der Waals surface area (Å²) in [6.07, 6.45) is 1.51. The first-order valence-corrected chi connectivity index (χ1v) is 7.44. The first kappa shape index (κ1) is 15.2. The van der Waals surface area contributed by atoms with Crippen molar-refractivity contribution in [3.05, 3.63) is 22.4 Å². The van der Waals surface area contributed by atoms with E-state index in [4.69, 9.17) is 0 Å². The number of nitrogens with zero attached hydrogens (tertiary/aromatic N) is 1. The summed E-state index contributed by atoms with van der Waals surface area (Å²) < 4.78 is 0. The van der Waals surface area contributed by atoms with Crippen molar-refractivity contribution < 1.29 is 4.79 Å². The second-order valence-electron chi connectivity index (χ2n) is 4.80. The normalized spacial score (nSPS) is 14.2. The van der Waals surface area contributed by atoms with E-state index in [0.717, 1.165) is 13.0 Å². The van der Waals surface area contributed by atoms with Gasteiger partial charge in [-0.1, -0.05) is 13.0 Å². The molecule has 4 heteroatoms. The Hall–Kier alpha value is -0.870. The van der Waals surface area contributed by atoms with Gasteiger partial charge in [-0.2, -0.15) is 0 Å². The molecule has 2 unspecified atom stereocenters. The van der Waals surface area contributed by atoms with E-state index in [1.807, 2.05) is 11.9 Å². The summed E-state index contributed by atoms with van der Waals surface area (Å²) in [5.41, 5.74) is 0. The molecule has 3 nitrogen and oxygen atoms in total. The summed E-state index contributed by atoms with van der Waals surface area (Å²) in [7, 11) is 1.90. The van der Waals surface area contributed by atoms with Gasteiger partial charge in [0.2, 0.25) is 5.91 Å². The van der Waals surface area contributed by atoms with Crippen LogP contribution in [0.25, 0.3) is 0 Å². The van der Waals surface area contributed by atoms with E-state index in [-0.39, 0.29) is 18.0 Å². The van der Waals surface area contributed by atoms with Crippen molar-refractivity contribution in [2.45, 2.75) is 45.7 Å². The smallest absolute Gasteiger partial charge is 0.224 e. The largest absolute Gasteiger partial charge is 0.343 e. The van der Waals surface area contributed by atoms with Crippen molar-refractivity contribution in [1.29, 1.82) is 0 Å². The molecule has 102 valence electrons. The zero-order valence-electron chi connectivity index (χ0n) is 11.8. The number of thiophene rings is 1. The first-order chi connectivity index (χ1) is 8.54. The van der Waals surface area contributed by atoms with E-state index >= 15 is 0 Å². The maximum Gasteiger partial charge on any atom is 0.224 e. The highest BCUT2D eigenvalue weighted by Gasteiger charge is 2.18. The van der Waals surface area contributed by atoms with Crippen LogP contribution in [-0.2, 0) is 11.2 Å². The lowest BCUT2D eigenvalue weighted by Crippen LogP contribution is -2.40. The standard InChI is InChI=1S/C14H24N2OS/c1-5-15-11(2)9-14(17)16(4)12(3)10-13-7-6-8-18-13/h6-8,11-12,15H,5,9-10H2,1-4H3. The molecule has 0 aliphatic rings. The minimum absolute atomic E-state index is 0.215. The molecule has 1 heterocycles. The molecule has 0 spiro atoms. The predicted octanol–water partition coefficient (Wildman–Crippen LogP) is 2.53. The topological polar surface area (TPSA) is 32.3 Å². The van der Waals surface area contributed by atoms with Crippen molar-refractivity contribution in [2.75, 3.05) is 13.6 Å². The van der Waals surface area contributed by atoms with Gasteiger partial charge in [-0.15, -0.1) is 11.3 Å². The number of carbonyl (C=O) groups excluding carboxylic acids is 1. The Balaban J connectivity index is 2.42. The van der Waals surface area contributed by atoms with E-state index in [1.54, 1.807) is 11.3 Å². The van der Waals surface area contributed by atoms with Gasteiger partial charge < -0.3 is 10.2 Å². The number of carbonyl (C=O) groups is 1. The fourth-order valence-corrected chi connectivity index (χ4v) is 2.76. The van der Waals surface area contributed by atoms with Gasteiger partial charge in [0, 0.05) is 36.9 Å². The lowest BCUT2D eigenvalue weighted by molar-refractivity contribution is -0.132.